The van der Waals surface area contributed by atoms with Gasteiger partial charge in [0.2, 0.25) is 0 Å². The average Bonchev–Trinajstić information content (AvgIpc) is 2.41. The van der Waals surface area contributed by atoms with Gasteiger partial charge in [0.05, 0.1) is 0 Å². The van der Waals surface area contributed by atoms with Crippen LogP contribution in [0.1, 0.15) is 24.8 Å². The Morgan fingerprint density at radius 3 is 2.82 bits per heavy atom. The van der Waals surface area contributed by atoms with Gasteiger partial charge < -0.3 is 5.32 Å². The lowest BCUT2D eigenvalue weighted by Crippen LogP contribution is -2.27. The lowest BCUT2D eigenvalue weighted by molar-refractivity contribution is 0.621. The Morgan fingerprint density at radius 2 is 2.12 bits per heavy atom. The van der Waals surface area contributed by atoms with Crippen LogP contribution in [0.2, 0.25) is 0 Å². The van der Waals surface area contributed by atoms with Crippen LogP contribution >= 0.6 is 11.8 Å². The maximum absolute atomic E-state index is 4.14. The minimum Gasteiger partial charge on any atom is -0.312 e. The van der Waals surface area contributed by atoms with Crippen LogP contribution in [-0.4, -0.2) is 24.1 Å². The van der Waals surface area contributed by atoms with E-state index in [1.54, 1.807) is 0 Å². The van der Waals surface area contributed by atoms with E-state index in [-0.39, 0.29) is 0 Å². The second kappa shape index (κ2) is 6.87. The molecule has 1 aromatic rings. The van der Waals surface area contributed by atoms with Gasteiger partial charge in [-0.2, -0.15) is 11.8 Å². The van der Waals surface area contributed by atoms with E-state index in [1.807, 2.05) is 6.07 Å². The standard InChI is InChI=1S/C15H21NS/c1-13(14-7-3-2-4-8-14)11-16-12-15-9-5-6-10-17-15/h2-4,7-8,15-16H,1,5-6,9-12H2. The average molecular weight is 247 g/mol. The maximum atomic E-state index is 4.14. The van der Waals surface area contributed by atoms with E-state index in [9.17, 15) is 0 Å². The van der Waals surface area contributed by atoms with Crippen LogP contribution < -0.4 is 5.32 Å². The van der Waals surface area contributed by atoms with Crippen molar-refractivity contribution in [1.29, 1.82) is 0 Å². The second-order valence-corrected chi connectivity index (χ2v) is 6.00. The van der Waals surface area contributed by atoms with Crippen molar-refractivity contribution in [2.45, 2.75) is 24.5 Å². The van der Waals surface area contributed by atoms with Crippen LogP contribution in [0, 0.1) is 0 Å². The fraction of sp³-hybridized carbons (Fsp3) is 0.467. The molecular formula is C15H21NS. The monoisotopic (exact) mass is 247 g/mol. The SMILES string of the molecule is C=C(CNCC1CCCCS1)c1ccccc1. The number of hydrogen-bond acceptors (Lipinski definition) is 2. The van der Waals surface area contributed by atoms with Crippen molar-refractivity contribution in [1.82, 2.24) is 5.32 Å². The number of benzene rings is 1. The highest BCUT2D eigenvalue weighted by atomic mass is 32.2. The summed E-state index contributed by atoms with van der Waals surface area (Å²) in [6, 6.07) is 10.4. The summed E-state index contributed by atoms with van der Waals surface area (Å²) < 4.78 is 0. The first-order chi connectivity index (χ1) is 8.36. The smallest absolute Gasteiger partial charge is 0.0206 e. The van der Waals surface area contributed by atoms with E-state index in [4.69, 9.17) is 0 Å². The molecule has 1 aromatic carbocycles. The van der Waals surface area contributed by atoms with Crippen LogP contribution in [0.15, 0.2) is 36.9 Å². The summed E-state index contributed by atoms with van der Waals surface area (Å²) in [7, 11) is 0. The van der Waals surface area contributed by atoms with Crippen molar-refractivity contribution >= 4 is 17.3 Å². The first-order valence-electron chi connectivity index (χ1n) is 6.42. The molecule has 2 rings (SSSR count). The van der Waals surface area contributed by atoms with Gasteiger partial charge in [-0.15, -0.1) is 0 Å². The zero-order valence-electron chi connectivity index (χ0n) is 10.3. The Bertz CT molecular complexity index is 341. The molecule has 0 saturated carbocycles. The van der Waals surface area contributed by atoms with Crippen molar-refractivity contribution < 1.29 is 0 Å². The Balaban J connectivity index is 1.69. The van der Waals surface area contributed by atoms with Crippen LogP contribution in [-0.2, 0) is 0 Å². The van der Waals surface area contributed by atoms with Crippen LogP contribution in [0.5, 0.6) is 0 Å². The van der Waals surface area contributed by atoms with Crippen molar-refractivity contribution in [2.75, 3.05) is 18.8 Å². The van der Waals surface area contributed by atoms with Gasteiger partial charge in [-0.05, 0) is 29.7 Å². The highest BCUT2D eigenvalue weighted by molar-refractivity contribution is 7.99. The van der Waals surface area contributed by atoms with Crippen LogP contribution in [0.3, 0.4) is 0 Å². The quantitative estimate of drug-likeness (QED) is 0.853. The topological polar surface area (TPSA) is 12.0 Å². The van der Waals surface area contributed by atoms with Gasteiger partial charge in [0.25, 0.3) is 0 Å². The molecule has 0 radical (unpaired) electrons. The predicted octanol–water partition coefficient (Wildman–Crippen LogP) is 3.58. The molecule has 1 aliphatic heterocycles. The summed E-state index contributed by atoms with van der Waals surface area (Å²) in [5.41, 5.74) is 2.43. The lowest BCUT2D eigenvalue weighted by atomic mass is 10.1. The largest absolute Gasteiger partial charge is 0.312 e. The zero-order chi connectivity index (χ0) is 11.9. The van der Waals surface area contributed by atoms with Crippen LogP contribution in [0.25, 0.3) is 5.57 Å². The molecular weight excluding hydrogens is 226 g/mol. The van der Waals surface area contributed by atoms with Crippen LogP contribution in [0.4, 0.5) is 0 Å². The molecule has 1 N–H and O–H groups in total. The van der Waals surface area contributed by atoms with Crippen molar-refractivity contribution in [2.24, 2.45) is 0 Å². The fourth-order valence-corrected chi connectivity index (χ4v) is 3.40. The molecule has 0 amide bonds. The molecule has 0 aliphatic carbocycles. The van der Waals surface area contributed by atoms with Gasteiger partial charge in [0, 0.05) is 18.3 Å². The summed E-state index contributed by atoms with van der Waals surface area (Å²) in [5, 5.41) is 4.35. The molecule has 1 fully saturated rings. The van der Waals surface area contributed by atoms with Crippen molar-refractivity contribution in [3.63, 3.8) is 0 Å². The number of thioether (sulfide) groups is 1. The molecule has 1 saturated heterocycles. The van der Waals surface area contributed by atoms with Gasteiger partial charge in [0.1, 0.15) is 0 Å². The second-order valence-electron chi connectivity index (χ2n) is 4.59. The summed E-state index contributed by atoms with van der Waals surface area (Å²) in [6.45, 7) is 6.16. The van der Waals surface area contributed by atoms with Gasteiger partial charge in [-0.25, -0.2) is 0 Å². The Kier molecular flexibility index (Phi) is 5.14. The molecule has 1 aliphatic rings. The van der Waals surface area contributed by atoms with Crippen molar-refractivity contribution in [3.05, 3.63) is 42.5 Å². The van der Waals surface area contributed by atoms with Gasteiger partial charge in [0.15, 0.2) is 0 Å². The lowest BCUT2D eigenvalue weighted by Gasteiger charge is -2.21. The minimum absolute atomic E-state index is 0.812. The summed E-state index contributed by atoms with van der Waals surface area (Å²) >= 11 is 2.12. The molecule has 92 valence electrons. The molecule has 0 bridgehead atoms. The van der Waals surface area contributed by atoms with Gasteiger partial charge >= 0.3 is 0 Å². The molecule has 2 heteroatoms. The third-order valence-electron chi connectivity index (χ3n) is 3.17. The van der Waals surface area contributed by atoms with E-state index >= 15 is 0 Å². The molecule has 1 heterocycles. The molecule has 1 unspecified atom stereocenters. The highest BCUT2D eigenvalue weighted by Gasteiger charge is 2.13. The number of hydrogen-bond donors (Lipinski definition) is 1. The Labute approximate surface area is 109 Å². The summed E-state index contributed by atoms with van der Waals surface area (Å²) in [6.07, 6.45) is 4.17. The minimum atomic E-state index is 0.812. The van der Waals surface area contributed by atoms with Gasteiger partial charge in [-0.1, -0.05) is 43.3 Å². The molecule has 0 aromatic heterocycles. The highest BCUT2D eigenvalue weighted by Crippen LogP contribution is 2.24. The molecule has 1 nitrogen and oxygen atoms in total. The van der Waals surface area contributed by atoms with E-state index < -0.39 is 0 Å². The third kappa shape index (κ3) is 4.21. The Hall–Kier alpha value is -0.730. The molecule has 17 heavy (non-hydrogen) atoms. The Morgan fingerprint density at radius 1 is 1.29 bits per heavy atom. The zero-order valence-corrected chi connectivity index (χ0v) is 11.1. The van der Waals surface area contributed by atoms with E-state index in [1.165, 1.54) is 36.2 Å². The number of rotatable bonds is 5. The first-order valence-corrected chi connectivity index (χ1v) is 7.46. The van der Waals surface area contributed by atoms with Gasteiger partial charge in [-0.3, -0.25) is 0 Å². The first kappa shape index (κ1) is 12.7. The summed E-state index contributed by atoms with van der Waals surface area (Å²) in [5.74, 6) is 1.34. The normalized spacial score (nSPS) is 20.1. The number of nitrogens with one attached hydrogen (secondary N) is 1. The maximum Gasteiger partial charge on any atom is 0.0206 e. The van der Waals surface area contributed by atoms with E-state index in [0.717, 1.165) is 18.3 Å². The van der Waals surface area contributed by atoms with E-state index in [0.29, 0.717) is 0 Å². The molecule has 1 atom stereocenters. The predicted molar refractivity (Wildman–Crippen MR) is 78.4 cm³/mol. The molecule has 0 spiro atoms. The van der Waals surface area contributed by atoms with Crippen molar-refractivity contribution in [3.8, 4) is 0 Å². The van der Waals surface area contributed by atoms with E-state index in [2.05, 4.69) is 47.9 Å². The summed E-state index contributed by atoms with van der Waals surface area (Å²) in [4.78, 5) is 0. The third-order valence-corrected chi connectivity index (χ3v) is 4.56. The fourth-order valence-electron chi connectivity index (χ4n) is 2.13.